The number of rotatable bonds is 3. The Balaban J connectivity index is 0.000000423. The van der Waals surface area contributed by atoms with Gasteiger partial charge in [0.05, 0.1) is 6.61 Å². The molecule has 6 nitrogen and oxygen atoms in total. The number of hydrogen-bond donors (Lipinski definition) is 3. The number of hydrogen-bond acceptors (Lipinski definition) is 5. The van der Waals surface area contributed by atoms with Gasteiger partial charge in [-0.15, -0.1) is 0 Å². The van der Waals surface area contributed by atoms with E-state index < -0.39 is 24.0 Å². The predicted molar refractivity (Wildman–Crippen MR) is 79.7 cm³/mol. The Kier molecular flexibility index (Phi) is 8.51. The summed E-state index contributed by atoms with van der Waals surface area (Å²) in [6.45, 7) is 5.84. The lowest BCUT2D eigenvalue weighted by molar-refractivity contribution is -0.111. The topological polar surface area (TPSA) is 95.9 Å². The number of carbonyl (C=O) groups excluding carboxylic acids is 2. The van der Waals surface area contributed by atoms with Gasteiger partial charge in [0.15, 0.2) is 5.72 Å². The molecule has 0 aromatic carbocycles. The van der Waals surface area contributed by atoms with Gasteiger partial charge in [-0.05, 0) is 40.5 Å². The van der Waals surface area contributed by atoms with Crippen molar-refractivity contribution in [3.8, 4) is 0 Å². The van der Waals surface area contributed by atoms with Crippen LogP contribution in [-0.2, 0) is 9.53 Å². The Bertz CT molecular complexity index is 317. The molecule has 3 N–H and O–H groups in total. The molecule has 0 spiro atoms. The van der Waals surface area contributed by atoms with Gasteiger partial charge in [0.1, 0.15) is 11.9 Å². The second-order valence-corrected chi connectivity index (χ2v) is 6.59. The van der Waals surface area contributed by atoms with Crippen molar-refractivity contribution < 1.29 is 24.5 Å². The Morgan fingerprint density at radius 3 is 2.10 bits per heavy atom. The summed E-state index contributed by atoms with van der Waals surface area (Å²) in [5.74, 6) is 0.406. The highest BCUT2D eigenvalue weighted by Gasteiger charge is 2.25. The largest absolute Gasteiger partial charge is 0.444 e. The average molecular weight is 303 g/mol. The molecule has 0 aromatic rings. The summed E-state index contributed by atoms with van der Waals surface area (Å²) in [5.41, 5.74) is -2.25. The van der Waals surface area contributed by atoms with Crippen molar-refractivity contribution in [2.24, 2.45) is 5.92 Å². The fourth-order valence-electron chi connectivity index (χ4n) is 1.83. The lowest BCUT2D eigenvalue weighted by Crippen LogP contribution is -2.50. The molecular formula is C15H29NO5. The normalized spacial score (nSPS) is 18.8. The van der Waals surface area contributed by atoms with Gasteiger partial charge in [-0.25, -0.2) is 4.79 Å². The van der Waals surface area contributed by atoms with E-state index in [2.05, 4.69) is 5.32 Å². The van der Waals surface area contributed by atoms with Gasteiger partial charge in [0.25, 0.3) is 0 Å². The number of aliphatic hydroxyl groups is 2. The van der Waals surface area contributed by atoms with Crippen molar-refractivity contribution in [1.82, 2.24) is 5.32 Å². The molecule has 1 aliphatic carbocycles. The van der Waals surface area contributed by atoms with E-state index in [1.807, 2.05) is 0 Å². The molecule has 0 heterocycles. The highest BCUT2D eigenvalue weighted by atomic mass is 16.6. The maximum Gasteiger partial charge on any atom is 0.409 e. The average Bonchev–Trinajstić information content (AvgIpc) is 2.37. The molecule has 0 saturated heterocycles. The maximum atomic E-state index is 11.0. The fraction of sp³-hybridized carbons (Fsp3) is 0.867. The van der Waals surface area contributed by atoms with Crippen LogP contribution < -0.4 is 5.32 Å². The van der Waals surface area contributed by atoms with Crippen molar-refractivity contribution in [1.29, 1.82) is 0 Å². The second-order valence-electron chi connectivity index (χ2n) is 6.59. The summed E-state index contributed by atoms with van der Waals surface area (Å²) in [6, 6.07) is 0. The zero-order valence-corrected chi connectivity index (χ0v) is 13.5. The minimum Gasteiger partial charge on any atom is -0.444 e. The van der Waals surface area contributed by atoms with Crippen LogP contribution >= 0.6 is 0 Å². The third-order valence-electron chi connectivity index (χ3n) is 2.92. The van der Waals surface area contributed by atoms with E-state index in [1.165, 1.54) is 26.2 Å². The Morgan fingerprint density at radius 1 is 1.24 bits per heavy atom. The molecule has 0 aliphatic heterocycles. The van der Waals surface area contributed by atoms with E-state index in [1.54, 1.807) is 20.8 Å². The summed E-state index contributed by atoms with van der Waals surface area (Å²) in [6.07, 6.45) is 6.51. The summed E-state index contributed by atoms with van der Waals surface area (Å²) in [7, 11) is 0. The van der Waals surface area contributed by atoms with Gasteiger partial charge in [0.2, 0.25) is 0 Å². The molecule has 6 heteroatoms. The highest BCUT2D eigenvalue weighted by Crippen LogP contribution is 2.21. The van der Waals surface area contributed by atoms with Crippen LogP contribution in [0, 0.1) is 5.92 Å². The minimum atomic E-state index is -1.64. The van der Waals surface area contributed by atoms with Gasteiger partial charge in [0, 0.05) is 5.92 Å². The SMILES string of the molecule is CC(O)(CO)NC(=O)OC(C)(C)C.O=CC1CCCCC1. The predicted octanol–water partition coefficient (Wildman–Crippen LogP) is 1.98. The molecule has 124 valence electrons. The molecule has 0 aromatic heterocycles. The lowest BCUT2D eigenvalue weighted by atomic mass is 9.91. The number of nitrogens with one attached hydrogen (secondary N) is 1. The summed E-state index contributed by atoms with van der Waals surface area (Å²) in [5, 5.41) is 20.0. The second kappa shape index (κ2) is 9.00. The van der Waals surface area contributed by atoms with E-state index >= 15 is 0 Å². The molecule has 21 heavy (non-hydrogen) atoms. The summed E-state index contributed by atoms with van der Waals surface area (Å²) >= 11 is 0. The summed E-state index contributed by atoms with van der Waals surface area (Å²) < 4.78 is 4.85. The van der Waals surface area contributed by atoms with Crippen LogP contribution in [-0.4, -0.2) is 40.5 Å². The Morgan fingerprint density at radius 2 is 1.76 bits per heavy atom. The first-order valence-electron chi connectivity index (χ1n) is 7.39. The van der Waals surface area contributed by atoms with Gasteiger partial charge in [-0.3, -0.25) is 5.32 Å². The standard InChI is InChI=1S/C8H17NO4.C7H12O/c1-7(2,3)13-6(11)9-8(4,12)5-10;8-6-7-4-2-1-3-5-7/h10,12H,5H2,1-4H3,(H,9,11);6-7H,1-5H2. The van der Waals surface area contributed by atoms with Crippen LogP contribution in [0.5, 0.6) is 0 Å². The van der Waals surface area contributed by atoms with Crippen LogP contribution in [0.15, 0.2) is 0 Å². The van der Waals surface area contributed by atoms with Gasteiger partial charge in [-0.1, -0.05) is 19.3 Å². The van der Waals surface area contributed by atoms with E-state index in [4.69, 9.17) is 9.84 Å². The van der Waals surface area contributed by atoms with Gasteiger partial charge >= 0.3 is 6.09 Å². The van der Waals surface area contributed by atoms with Crippen molar-refractivity contribution in [2.75, 3.05) is 6.61 Å². The van der Waals surface area contributed by atoms with Crippen LogP contribution in [0.25, 0.3) is 0 Å². The van der Waals surface area contributed by atoms with Crippen molar-refractivity contribution >= 4 is 12.4 Å². The molecule has 1 aliphatic rings. The van der Waals surface area contributed by atoms with Crippen molar-refractivity contribution in [3.63, 3.8) is 0 Å². The smallest absolute Gasteiger partial charge is 0.409 e. The first kappa shape index (κ1) is 19.9. The third kappa shape index (κ3) is 11.2. The number of aldehydes is 1. The van der Waals surface area contributed by atoms with E-state index in [0.717, 1.165) is 19.1 Å². The molecule has 1 unspecified atom stereocenters. The zero-order valence-electron chi connectivity index (χ0n) is 13.5. The van der Waals surface area contributed by atoms with Crippen molar-refractivity contribution in [3.05, 3.63) is 0 Å². The number of alkyl carbamates (subject to hydrolysis) is 1. The first-order chi connectivity index (χ1) is 9.59. The molecule has 1 fully saturated rings. The fourth-order valence-corrected chi connectivity index (χ4v) is 1.83. The Labute approximate surface area is 126 Å². The molecule has 1 rings (SSSR count). The summed E-state index contributed by atoms with van der Waals surface area (Å²) in [4.78, 5) is 21.2. The van der Waals surface area contributed by atoms with Crippen LogP contribution in [0.1, 0.15) is 59.8 Å². The van der Waals surface area contributed by atoms with E-state index in [0.29, 0.717) is 5.92 Å². The van der Waals surface area contributed by atoms with Gasteiger partial charge in [-0.2, -0.15) is 0 Å². The van der Waals surface area contributed by atoms with Crippen molar-refractivity contribution in [2.45, 2.75) is 71.1 Å². The minimum absolute atomic E-state index is 0.406. The quantitative estimate of drug-likeness (QED) is 0.547. The zero-order chi connectivity index (χ0) is 16.5. The van der Waals surface area contributed by atoms with Crippen LogP contribution in [0.2, 0.25) is 0 Å². The molecule has 0 radical (unpaired) electrons. The van der Waals surface area contributed by atoms with E-state index in [-0.39, 0.29) is 0 Å². The molecule has 1 saturated carbocycles. The first-order valence-corrected chi connectivity index (χ1v) is 7.39. The maximum absolute atomic E-state index is 11.0. The van der Waals surface area contributed by atoms with E-state index in [9.17, 15) is 14.7 Å². The monoisotopic (exact) mass is 303 g/mol. The lowest BCUT2D eigenvalue weighted by Gasteiger charge is -2.25. The number of aliphatic hydroxyl groups excluding tert-OH is 1. The Hall–Kier alpha value is -1.14. The molecule has 0 bridgehead atoms. The van der Waals surface area contributed by atoms with Crippen LogP contribution in [0.4, 0.5) is 4.79 Å². The number of ether oxygens (including phenoxy) is 1. The third-order valence-corrected chi connectivity index (χ3v) is 2.92. The van der Waals surface area contributed by atoms with Gasteiger partial charge < -0.3 is 19.7 Å². The molecular weight excluding hydrogens is 274 g/mol. The highest BCUT2D eigenvalue weighted by molar-refractivity contribution is 5.68. The number of carbonyl (C=O) groups is 2. The number of amides is 1. The molecule has 1 atom stereocenters. The molecule has 1 amide bonds. The van der Waals surface area contributed by atoms with Crippen LogP contribution in [0.3, 0.4) is 0 Å².